The zero-order valence-electron chi connectivity index (χ0n) is 15.7. The van der Waals surface area contributed by atoms with Gasteiger partial charge in [-0.15, -0.1) is 0 Å². The van der Waals surface area contributed by atoms with E-state index in [-0.39, 0.29) is 10.8 Å². The van der Waals surface area contributed by atoms with Crippen molar-refractivity contribution < 1.29 is 13.2 Å². The van der Waals surface area contributed by atoms with Crippen LogP contribution in [0.1, 0.15) is 37.7 Å². The molecule has 1 aliphatic heterocycles. The molecule has 0 aromatic heterocycles. The number of hydrogen-bond donors (Lipinski definition) is 1. The van der Waals surface area contributed by atoms with Crippen molar-refractivity contribution in [2.45, 2.75) is 43.4 Å². The van der Waals surface area contributed by atoms with Gasteiger partial charge in [0.2, 0.25) is 15.9 Å². The van der Waals surface area contributed by atoms with E-state index in [1.807, 2.05) is 12.1 Å². The van der Waals surface area contributed by atoms with Crippen LogP contribution in [0.5, 0.6) is 0 Å². The maximum Gasteiger partial charge on any atom is 0.243 e. The van der Waals surface area contributed by atoms with Crippen molar-refractivity contribution in [2.75, 3.05) is 18.4 Å². The molecule has 7 heteroatoms. The smallest absolute Gasteiger partial charge is 0.243 e. The standard InChI is InChI=1S/C21H25ClN2O3S/c22-18-8-5-17(6-9-18)7-14-21(25)23-19-10-12-20(13-11-19)28(26,27)24-15-3-1-2-4-16-24/h5-6,8-13H,1-4,7,14-16H2,(H,23,25). The minimum absolute atomic E-state index is 0.113. The number of halogens is 1. The summed E-state index contributed by atoms with van der Waals surface area (Å²) in [5, 5.41) is 3.49. The Bertz CT molecular complexity index is 888. The lowest BCUT2D eigenvalue weighted by atomic mass is 10.1. The lowest BCUT2D eigenvalue weighted by Gasteiger charge is -2.20. The molecule has 5 nitrogen and oxygen atoms in total. The number of nitrogens with one attached hydrogen (secondary N) is 1. The van der Waals surface area contributed by atoms with Gasteiger partial charge >= 0.3 is 0 Å². The van der Waals surface area contributed by atoms with Gasteiger partial charge in [-0.25, -0.2) is 8.42 Å². The molecule has 1 fully saturated rings. The highest BCUT2D eigenvalue weighted by atomic mass is 35.5. The zero-order valence-corrected chi connectivity index (χ0v) is 17.3. The quantitative estimate of drug-likeness (QED) is 0.749. The number of hydrogen-bond acceptors (Lipinski definition) is 3. The second-order valence-corrected chi connectivity index (χ2v) is 9.39. The third kappa shape index (κ3) is 5.56. The van der Waals surface area contributed by atoms with Crippen LogP contribution in [0.2, 0.25) is 5.02 Å². The molecular weight excluding hydrogens is 396 g/mol. The first kappa shape index (κ1) is 20.8. The number of benzene rings is 2. The summed E-state index contributed by atoms with van der Waals surface area (Å²) in [4.78, 5) is 12.4. The van der Waals surface area contributed by atoms with Crippen molar-refractivity contribution in [1.82, 2.24) is 4.31 Å². The van der Waals surface area contributed by atoms with Crippen LogP contribution < -0.4 is 5.32 Å². The number of amides is 1. The van der Waals surface area contributed by atoms with Gasteiger partial charge in [-0.2, -0.15) is 4.31 Å². The molecule has 0 radical (unpaired) electrons. The molecule has 3 rings (SSSR count). The fourth-order valence-corrected chi connectivity index (χ4v) is 4.92. The van der Waals surface area contributed by atoms with E-state index in [2.05, 4.69) is 5.32 Å². The van der Waals surface area contributed by atoms with Gasteiger partial charge in [0.05, 0.1) is 4.90 Å². The average molecular weight is 421 g/mol. The van der Waals surface area contributed by atoms with E-state index in [0.717, 1.165) is 31.2 Å². The summed E-state index contributed by atoms with van der Waals surface area (Å²) in [6.45, 7) is 1.15. The first-order valence-corrected chi connectivity index (χ1v) is 11.4. The third-order valence-electron chi connectivity index (χ3n) is 4.89. The average Bonchev–Trinajstić information content (AvgIpc) is 2.98. The van der Waals surface area contributed by atoms with E-state index in [1.54, 1.807) is 40.7 Å². The van der Waals surface area contributed by atoms with Crippen molar-refractivity contribution in [3.05, 3.63) is 59.1 Å². The number of carbonyl (C=O) groups excluding carboxylic acids is 1. The summed E-state index contributed by atoms with van der Waals surface area (Å²) >= 11 is 5.86. The van der Waals surface area contributed by atoms with Gasteiger partial charge in [0.15, 0.2) is 0 Å². The number of nitrogens with zero attached hydrogens (tertiary/aromatic N) is 1. The van der Waals surface area contributed by atoms with Crippen LogP contribution in [0.25, 0.3) is 0 Å². The van der Waals surface area contributed by atoms with Crippen LogP contribution in [-0.2, 0) is 21.2 Å². The van der Waals surface area contributed by atoms with Crippen molar-refractivity contribution >= 4 is 33.2 Å². The Balaban J connectivity index is 1.57. The minimum Gasteiger partial charge on any atom is -0.326 e. The van der Waals surface area contributed by atoms with E-state index in [1.165, 1.54) is 0 Å². The highest BCUT2D eigenvalue weighted by molar-refractivity contribution is 7.89. The molecule has 2 aromatic rings. The Morgan fingerprint density at radius 3 is 2.14 bits per heavy atom. The molecular formula is C21H25ClN2O3S. The Morgan fingerprint density at radius 2 is 1.54 bits per heavy atom. The second-order valence-electron chi connectivity index (χ2n) is 7.02. The highest BCUT2D eigenvalue weighted by Gasteiger charge is 2.24. The van der Waals surface area contributed by atoms with Crippen molar-refractivity contribution in [1.29, 1.82) is 0 Å². The Morgan fingerprint density at radius 1 is 0.929 bits per heavy atom. The molecule has 0 aliphatic carbocycles. The summed E-state index contributed by atoms with van der Waals surface area (Å²) in [5.74, 6) is -0.113. The highest BCUT2D eigenvalue weighted by Crippen LogP contribution is 2.22. The summed E-state index contributed by atoms with van der Waals surface area (Å²) in [5.41, 5.74) is 1.63. The Kier molecular flexibility index (Phi) is 7.10. The fourth-order valence-electron chi connectivity index (χ4n) is 3.27. The topological polar surface area (TPSA) is 66.5 Å². The number of rotatable bonds is 6. The van der Waals surface area contributed by atoms with Gasteiger partial charge in [-0.1, -0.05) is 36.6 Å². The second kappa shape index (κ2) is 9.54. The largest absolute Gasteiger partial charge is 0.326 e. The normalized spacial score (nSPS) is 15.8. The van der Waals surface area contributed by atoms with Crippen LogP contribution >= 0.6 is 11.6 Å². The monoisotopic (exact) mass is 420 g/mol. The van der Waals surface area contributed by atoms with Gasteiger partial charge in [-0.05, 0) is 61.2 Å². The van der Waals surface area contributed by atoms with Crippen LogP contribution in [-0.4, -0.2) is 31.7 Å². The molecule has 2 aromatic carbocycles. The molecule has 150 valence electrons. The van der Waals surface area contributed by atoms with Gasteiger partial charge in [-0.3, -0.25) is 4.79 Å². The predicted molar refractivity (Wildman–Crippen MR) is 112 cm³/mol. The number of carbonyl (C=O) groups is 1. The first-order chi connectivity index (χ1) is 13.4. The molecule has 1 saturated heterocycles. The predicted octanol–water partition coefficient (Wildman–Crippen LogP) is 4.48. The number of anilines is 1. The lowest BCUT2D eigenvalue weighted by molar-refractivity contribution is -0.116. The molecule has 0 atom stereocenters. The molecule has 0 bridgehead atoms. The minimum atomic E-state index is -3.47. The first-order valence-electron chi connectivity index (χ1n) is 9.60. The molecule has 0 unspecified atom stereocenters. The number of sulfonamides is 1. The van der Waals surface area contributed by atoms with E-state index in [9.17, 15) is 13.2 Å². The summed E-state index contributed by atoms with van der Waals surface area (Å²) in [6, 6.07) is 13.8. The maximum atomic E-state index is 12.8. The van der Waals surface area contributed by atoms with E-state index in [0.29, 0.717) is 36.6 Å². The molecule has 28 heavy (non-hydrogen) atoms. The van der Waals surface area contributed by atoms with Crippen LogP contribution in [0.4, 0.5) is 5.69 Å². The summed E-state index contributed by atoms with van der Waals surface area (Å²) in [6.07, 6.45) is 4.92. The maximum absolute atomic E-state index is 12.8. The third-order valence-corrected chi connectivity index (χ3v) is 7.06. The van der Waals surface area contributed by atoms with Crippen LogP contribution in [0.3, 0.4) is 0 Å². The van der Waals surface area contributed by atoms with Gasteiger partial charge in [0.1, 0.15) is 0 Å². The Labute approximate surface area is 171 Å². The lowest BCUT2D eigenvalue weighted by Crippen LogP contribution is -2.31. The number of aryl methyl sites for hydroxylation is 1. The fraction of sp³-hybridized carbons (Fsp3) is 0.381. The van der Waals surface area contributed by atoms with Gasteiger partial charge in [0, 0.05) is 30.2 Å². The van der Waals surface area contributed by atoms with Crippen LogP contribution in [0, 0.1) is 0 Å². The van der Waals surface area contributed by atoms with Gasteiger partial charge in [0.25, 0.3) is 0 Å². The van der Waals surface area contributed by atoms with Crippen molar-refractivity contribution in [3.63, 3.8) is 0 Å². The molecule has 1 N–H and O–H groups in total. The SMILES string of the molecule is O=C(CCc1ccc(Cl)cc1)Nc1ccc(S(=O)(=O)N2CCCCCC2)cc1. The van der Waals surface area contributed by atoms with Crippen LogP contribution in [0.15, 0.2) is 53.4 Å². The summed E-state index contributed by atoms with van der Waals surface area (Å²) in [7, 11) is -3.47. The van der Waals surface area contributed by atoms with Gasteiger partial charge < -0.3 is 5.32 Å². The van der Waals surface area contributed by atoms with E-state index < -0.39 is 10.0 Å². The molecule has 1 heterocycles. The van der Waals surface area contributed by atoms with Crippen molar-refractivity contribution in [2.24, 2.45) is 0 Å². The Hall–Kier alpha value is -1.89. The molecule has 0 spiro atoms. The summed E-state index contributed by atoms with van der Waals surface area (Å²) < 4.78 is 27.1. The zero-order chi connectivity index (χ0) is 20.0. The molecule has 0 saturated carbocycles. The van der Waals surface area contributed by atoms with E-state index in [4.69, 9.17) is 11.6 Å². The molecule has 1 aliphatic rings. The van der Waals surface area contributed by atoms with E-state index >= 15 is 0 Å². The van der Waals surface area contributed by atoms with Crippen molar-refractivity contribution in [3.8, 4) is 0 Å². The molecule has 1 amide bonds.